The normalized spacial score (nSPS) is 19.7. The molecule has 1 aromatic heterocycles. The van der Waals surface area contributed by atoms with E-state index in [1.54, 1.807) is 28.9 Å². The third-order valence-corrected chi connectivity index (χ3v) is 7.93. The lowest BCUT2D eigenvalue weighted by molar-refractivity contribution is -0.137. The number of amides is 2. The van der Waals surface area contributed by atoms with E-state index in [0.29, 0.717) is 56.4 Å². The molecule has 0 spiro atoms. The molecule has 3 fully saturated rings. The Labute approximate surface area is 221 Å². The van der Waals surface area contributed by atoms with E-state index in [9.17, 15) is 22.8 Å². The molecule has 3 saturated heterocycles. The Morgan fingerprint density at radius 3 is 2.18 bits per heavy atom. The first-order valence-electron chi connectivity index (χ1n) is 13.4. The zero-order valence-electron chi connectivity index (χ0n) is 21.7. The zero-order chi connectivity index (χ0) is 26.9. The third kappa shape index (κ3) is 5.56. The van der Waals surface area contributed by atoms with Gasteiger partial charge in [0.1, 0.15) is 11.4 Å². The van der Waals surface area contributed by atoms with Crippen molar-refractivity contribution >= 4 is 11.8 Å². The first-order valence-corrected chi connectivity index (χ1v) is 13.4. The number of rotatable bonds is 4. The van der Waals surface area contributed by atoms with Gasteiger partial charge in [-0.1, -0.05) is 12.1 Å². The molecule has 5 rings (SSSR count). The number of nitrogens with zero attached hydrogens (tertiary/aromatic N) is 4. The molecule has 0 bridgehead atoms. The first-order chi connectivity index (χ1) is 18.2. The predicted molar refractivity (Wildman–Crippen MR) is 138 cm³/mol. The summed E-state index contributed by atoms with van der Waals surface area (Å²) in [4.78, 5) is 37.8. The highest BCUT2D eigenvalue weighted by Crippen LogP contribution is 2.34. The van der Waals surface area contributed by atoms with E-state index in [0.717, 1.165) is 38.1 Å². The Bertz CT molecular complexity index is 1180. The molecule has 0 aliphatic carbocycles. The number of likely N-dealkylation sites (tertiary alicyclic amines) is 2. The maximum Gasteiger partial charge on any atom is 0.416 e. The van der Waals surface area contributed by atoms with E-state index in [4.69, 9.17) is 0 Å². The van der Waals surface area contributed by atoms with Crippen molar-refractivity contribution in [2.24, 2.45) is 0 Å². The van der Waals surface area contributed by atoms with Gasteiger partial charge in [-0.05, 0) is 75.0 Å². The second-order valence-electron chi connectivity index (χ2n) is 10.4. The number of benzene rings is 1. The van der Waals surface area contributed by atoms with Crippen molar-refractivity contribution in [3.63, 3.8) is 0 Å². The van der Waals surface area contributed by atoms with Crippen LogP contribution in [0.25, 0.3) is 11.1 Å². The Hall–Kier alpha value is -2.98. The van der Waals surface area contributed by atoms with Crippen molar-refractivity contribution in [1.29, 1.82) is 0 Å². The van der Waals surface area contributed by atoms with E-state index in [-0.39, 0.29) is 28.8 Å². The molecule has 10 heteroatoms. The molecular formula is C28H34F3N5O2. The van der Waals surface area contributed by atoms with Crippen LogP contribution < -0.4 is 5.32 Å². The Balaban J connectivity index is 1.47. The van der Waals surface area contributed by atoms with Crippen LogP contribution in [0.4, 0.5) is 13.2 Å². The smallest absolute Gasteiger partial charge is 0.337 e. The van der Waals surface area contributed by atoms with Gasteiger partial charge in [0, 0.05) is 50.9 Å². The second-order valence-corrected chi connectivity index (χ2v) is 10.4. The van der Waals surface area contributed by atoms with Crippen LogP contribution in [0.1, 0.15) is 57.8 Å². The van der Waals surface area contributed by atoms with E-state index in [1.165, 1.54) is 18.9 Å². The summed E-state index contributed by atoms with van der Waals surface area (Å²) in [6.45, 7) is 7.37. The van der Waals surface area contributed by atoms with Crippen molar-refractivity contribution in [3.05, 3.63) is 52.8 Å². The van der Waals surface area contributed by atoms with Crippen LogP contribution >= 0.6 is 0 Å². The zero-order valence-corrected chi connectivity index (χ0v) is 21.7. The van der Waals surface area contributed by atoms with Crippen LogP contribution in [0.2, 0.25) is 0 Å². The van der Waals surface area contributed by atoms with Gasteiger partial charge >= 0.3 is 6.18 Å². The average Bonchev–Trinajstić information content (AvgIpc) is 3.48. The monoisotopic (exact) mass is 529 g/mol. The van der Waals surface area contributed by atoms with Crippen molar-refractivity contribution in [2.75, 3.05) is 52.4 Å². The summed E-state index contributed by atoms with van der Waals surface area (Å²) in [6, 6.07) is 7.05. The summed E-state index contributed by atoms with van der Waals surface area (Å²) in [5, 5.41) is 3.19. The Morgan fingerprint density at radius 2 is 1.53 bits per heavy atom. The Kier molecular flexibility index (Phi) is 7.72. The van der Waals surface area contributed by atoms with Gasteiger partial charge in [0.2, 0.25) is 0 Å². The fourth-order valence-corrected chi connectivity index (χ4v) is 5.78. The molecule has 2 aromatic rings. The lowest BCUT2D eigenvalue weighted by Gasteiger charge is -2.36. The molecule has 2 amide bonds. The third-order valence-electron chi connectivity index (χ3n) is 7.93. The summed E-state index contributed by atoms with van der Waals surface area (Å²) in [7, 11) is 0. The Morgan fingerprint density at radius 1 is 0.895 bits per heavy atom. The maximum atomic E-state index is 13.6. The van der Waals surface area contributed by atoms with Gasteiger partial charge < -0.3 is 20.0 Å². The predicted octanol–water partition coefficient (Wildman–Crippen LogP) is 3.82. The number of aromatic nitrogens is 1. The van der Waals surface area contributed by atoms with E-state index in [1.807, 2.05) is 0 Å². The molecule has 0 saturated carbocycles. The summed E-state index contributed by atoms with van der Waals surface area (Å²) in [6.07, 6.45) is -0.258. The van der Waals surface area contributed by atoms with Gasteiger partial charge in [0.25, 0.3) is 11.8 Å². The number of hydrogen-bond donors (Lipinski definition) is 1. The molecule has 1 N–H and O–H groups in total. The first kappa shape index (κ1) is 26.6. The number of aryl methyl sites for hydroxylation is 1. The number of piperidine rings is 1. The largest absolute Gasteiger partial charge is 0.416 e. The van der Waals surface area contributed by atoms with Crippen LogP contribution in [0.3, 0.4) is 0 Å². The molecule has 4 heterocycles. The number of carbonyl (C=O) groups excluding carboxylic acids is 2. The highest BCUT2D eigenvalue weighted by Gasteiger charge is 2.33. The summed E-state index contributed by atoms with van der Waals surface area (Å²) < 4.78 is 40.4. The van der Waals surface area contributed by atoms with Crippen LogP contribution in [-0.2, 0) is 6.18 Å². The molecule has 204 valence electrons. The van der Waals surface area contributed by atoms with E-state index >= 15 is 0 Å². The van der Waals surface area contributed by atoms with E-state index in [2.05, 4.69) is 15.2 Å². The number of pyridine rings is 1. The van der Waals surface area contributed by atoms with Gasteiger partial charge in [-0.25, -0.2) is 4.98 Å². The molecule has 1 aromatic carbocycles. The standard InChI is InChI=1S/C28H34F3N5O2/c1-19-17-23(20-5-4-6-21(18-20)28(29,30)31)25(27(38)36-15-9-32-10-16-36)33-24(19)26(37)35-13-7-22(8-14-35)34-11-2-3-12-34/h4-6,17-18,22,32H,2-3,7-16H2,1H3. The molecule has 38 heavy (non-hydrogen) atoms. The highest BCUT2D eigenvalue weighted by molar-refractivity contribution is 6.02. The lowest BCUT2D eigenvalue weighted by atomic mass is 9.97. The topological polar surface area (TPSA) is 68.8 Å². The molecule has 0 radical (unpaired) electrons. The van der Waals surface area contributed by atoms with Crippen molar-refractivity contribution < 1.29 is 22.8 Å². The van der Waals surface area contributed by atoms with E-state index < -0.39 is 11.7 Å². The minimum absolute atomic E-state index is 0.0205. The molecule has 0 unspecified atom stereocenters. The van der Waals surface area contributed by atoms with Crippen molar-refractivity contribution in [1.82, 2.24) is 25.0 Å². The van der Waals surface area contributed by atoms with Crippen LogP contribution in [0.5, 0.6) is 0 Å². The van der Waals surface area contributed by atoms with Crippen LogP contribution in [-0.4, -0.2) is 89.9 Å². The van der Waals surface area contributed by atoms with Gasteiger partial charge in [0.05, 0.1) is 5.56 Å². The number of hydrogen-bond acceptors (Lipinski definition) is 5. The quantitative estimate of drug-likeness (QED) is 0.652. The number of carbonyl (C=O) groups is 2. The summed E-state index contributed by atoms with van der Waals surface area (Å²) >= 11 is 0. The van der Waals surface area contributed by atoms with Gasteiger partial charge in [-0.15, -0.1) is 0 Å². The molecular weight excluding hydrogens is 495 g/mol. The summed E-state index contributed by atoms with van der Waals surface area (Å²) in [5.74, 6) is -0.604. The fourth-order valence-electron chi connectivity index (χ4n) is 5.78. The minimum atomic E-state index is -4.52. The number of alkyl halides is 3. The van der Waals surface area contributed by atoms with Crippen molar-refractivity contribution in [3.8, 4) is 11.1 Å². The molecule has 0 atom stereocenters. The molecule has 3 aliphatic heterocycles. The van der Waals surface area contributed by atoms with Crippen LogP contribution in [0, 0.1) is 6.92 Å². The fraction of sp³-hybridized carbons (Fsp3) is 0.536. The number of nitrogens with one attached hydrogen (secondary N) is 1. The minimum Gasteiger partial charge on any atom is -0.337 e. The van der Waals surface area contributed by atoms with Gasteiger partial charge in [0.15, 0.2) is 0 Å². The maximum absolute atomic E-state index is 13.6. The van der Waals surface area contributed by atoms with Crippen LogP contribution in [0.15, 0.2) is 30.3 Å². The van der Waals surface area contributed by atoms with Gasteiger partial charge in [-0.2, -0.15) is 13.2 Å². The molecule has 3 aliphatic rings. The SMILES string of the molecule is Cc1cc(-c2cccc(C(F)(F)F)c2)c(C(=O)N2CCNCC2)nc1C(=O)N1CCC(N2CCCC2)CC1. The lowest BCUT2D eigenvalue weighted by Crippen LogP contribution is -2.47. The van der Waals surface area contributed by atoms with Gasteiger partial charge in [-0.3, -0.25) is 9.59 Å². The highest BCUT2D eigenvalue weighted by atomic mass is 19.4. The summed E-state index contributed by atoms with van der Waals surface area (Å²) in [5.41, 5.74) is 0.516. The average molecular weight is 530 g/mol. The molecule has 7 nitrogen and oxygen atoms in total. The van der Waals surface area contributed by atoms with Crippen molar-refractivity contribution in [2.45, 2.75) is 44.8 Å². The number of piperazine rings is 1. The second kappa shape index (κ2) is 11.0. The number of halogens is 3.